The number of nitrogens with one attached hydrogen (secondary N) is 3. The number of carbonyl (C=O) groups excluding carboxylic acids is 3. The average molecular weight is 642 g/mol. The van der Waals surface area contributed by atoms with Crippen molar-refractivity contribution in [3.05, 3.63) is 155 Å². The molecule has 3 N–H and O–H groups in total. The Labute approximate surface area is 276 Å². The summed E-state index contributed by atoms with van der Waals surface area (Å²) in [5, 5.41) is 8.11. The van der Waals surface area contributed by atoms with Crippen LogP contribution < -0.4 is 25.4 Å². The lowest BCUT2D eigenvalue weighted by Gasteiger charge is -2.18. The first kappa shape index (κ1) is 31.2. The lowest BCUT2D eigenvalue weighted by Crippen LogP contribution is -2.30. The van der Waals surface area contributed by atoms with Crippen LogP contribution in [0.2, 0.25) is 0 Å². The van der Waals surface area contributed by atoms with Gasteiger partial charge < -0.3 is 25.4 Å². The largest absolute Gasteiger partial charge is 0.454 e. The molecule has 234 valence electrons. The molecule has 9 heteroatoms. The topological polar surface area (TPSA) is 106 Å². The van der Waals surface area contributed by atoms with Gasteiger partial charge in [-0.2, -0.15) is 0 Å². The number of rotatable bonds is 10. The van der Waals surface area contributed by atoms with Gasteiger partial charge in [0.05, 0.1) is 0 Å². The highest BCUT2D eigenvalue weighted by Gasteiger charge is 2.24. The summed E-state index contributed by atoms with van der Waals surface area (Å²) in [6, 6.07) is 38.4. The smallest absolute Gasteiger partial charge is 0.272 e. The fourth-order valence-corrected chi connectivity index (χ4v) is 5.91. The molecule has 6 rings (SSSR count). The maximum Gasteiger partial charge on any atom is 0.272 e. The van der Waals surface area contributed by atoms with Gasteiger partial charge in [-0.25, -0.2) is 0 Å². The van der Waals surface area contributed by atoms with Crippen molar-refractivity contribution in [1.29, 1.82) is 0 Å². The molecule has 1 unspecified atom stereocenters. The van der Waals surface area contributed by atoms with Crippen LogP contribution >= 0.6 is 11.8 Å². The Morgan fingerprint density at radius 2 is 1.38 bits per heavy atom. The molecule has 5 aromatic rings. The normalized spacial score (nSPS) is 12.6. The molecule has 1 aliphatic heterocycles. The Kier molecular flexibility index (Phi) is 9.64. The summed E-state index contributed by atoms with van der Waals surface area (Å²) < 4.78 is 10.8. The number of amides is 3. The summed E-state index contributed by atoms with van der Waals surface area (Å²) in [4.78, 5) is 40.9. The van der Waals surface area contributed by atoms with Gasteiger partial charge in [-0.3, -0.25) is 14.4 Å². The molecular weight excluding hydrogens is 611 g/mol. The molecular formula is C38H31N3O5S. The zero-order chi connectivity index (χ0) is 32.6. The lowest BCUT2D eigenvalue weighted by molar-refractivity contribution is -0.116. The van der Waals surface area contributed by atoms with Gasteiger partial charge in [0.15, 0.2) is 11.5 Å². The van der Waals surface area contributed by atoms with Crippen molar-refractivity contribution in [1.82, 2.24) is 5.32 Å². The van der Waals surface area contributed by atoms with E-state index in [0.29, 0.717) is 28.4 Å². The number of thioether (sulfide) groups is 1. The fraction of sp³-hybridized carbons (Fsp3) is 0.0789. The second-order valence-corrected chi connectivity index (χ2v) is 11.9. The van der Waals surface area contributed by atoms with E-state index >= 15 is 0 Å². The predicted molar refractivity (Wildman–Crippen MR) is 184 cm³/mol. The van der Waals surface area contributed by atoms with Crippen molar-refractivity contribution in [3.8, 4) is 11.5 Å². The Bertz CT molecular complexity index is 1930. The van der Waals surface area contributed by atoms with Crippen LogP contribution in [0, 0.1) is 6.92 Å². The van der Waals surface area contributed by atoms with Crippen LogP contribution in [-0.2, 0) is 9.59 Å². The van der Waals surface area contributed by atoms with Crippen LogP contribution in [0.15, 0.2) is 138 Å². The molecule has 0 aromatic heterocycles. The van der Waals surface area contributed by atoms with Crippen LogP contribution in [-0.4, -0.2) is 24.5 Å². The summed E-state index contributed by atoms with van der Waals surface area (Å²) in [7, 11) is 0. The quantitative estimate of drug-likeness (QED) is 0.107. The number of benzene rings is 5. The van der Waals surface area contributed by atoms with E-state index in [1.165, 1.54) is 11.8 Å². The summed E-state index contributed by atoms with van der Waals surface area (Å²) in [5.41, 5.74) is 4.29. The van der Waals surface area contributed by atoms with Gasteiger partial charge >= 0.3 is 0 Å². The standard InChI is InChI=1S/C38H31N3O5S/c1-25-10-8-9-15-28(25)22-32(41-36(42)27-13-6-3-7-14-27)37(43)39-29-16-19-31(20-17-29)47-35(26-11-4-2-5-12-26)38(44)40-30-18-21-33-34(23-30)46-24-45-33/h2-23,35H,24H2,1H3,(H,39,43)(H,40,44)(H,41,42)/b32-22-. The van der Waals surface area contributed by atoms with E-state index in [0.717, 1.165) is 21.6 Å². The van der Waals surface area contributed by atoms with E-state index in [-0.39, 0.29) is 18.4 Å². The average Bonchev–Trinajstić information content (AvgIpc) is 3.57. The van der Waals surface area contributed by atoms with Gasteiger partial charge in [-0.1, -0.05) is 72.8 Å². The molecule has 0 fully saturated rings. The number of carbonyl (C=O) groups is 3. The molecule has 0 radical (unpaired) electrons. The van der Waals surface area contributed by atoms with E-state index in [1.807, 2.05) is 79.7 Å². The molecule has 0 bridgehead atoms. The lowest BCUT2D eigenvalue weighted by atomic mass is 10.1. The second kappa shape index (κ2) is 14.5. The zero-order valence-electron chi connectivity index (χ0n) is 25.4. The Balaban J connectivity index is 1.18. The fourth-order valence-electron chi connectivity index (χ4n) is 4.88. The van der Waals surface area contributed by atoms with Crippen LogP contribution in [0.1, 0.15) is 32.3 Å². The summed E-state index contributed by atoms with van der Waals surface area (Å²) in [6.45, 7) is 2.09. The molecule has 1 atom stereocenters. The minimum absolute atomic E-state index is 0.107. The van der Waals surface area contributed by atoms with Crippen LogP contribution in [0.5, 0.6) is 11.5 Å². The highest BCUT2D eigenvalue weighted by molar-refractivity contribution is 8.00. The number of aryl methyl sites for hydroxylation is 1. The van der Waals surface area contributed by atoms with Crippen molar-refractivity contribution >= 4 is 46.9 Å². The van der Waals surface area contributed by atoms with Crippen molar-refractivity contribution in [3.63, 3.8) is 0 Å². The number of hydrogen-bond acceptors (Lipinski definition) is 6. The van der Waals surface area contributed by atoms with Gasteiger partial charge in [0.1, 0.15) is 10.9 Å². The molecule has 5 aromatic carbocycles. The molecule has 47 heavy (non-hydrogen) atoms. The maximum absolute atomic E-state index is 13.6. The summed E-state index contributed by atoms with van der Waals surface area (Å²) in [6.07, 6.45) is 1.67. The van der Waals surface area contributed by atoms with Crippen molar-refractivity contribution in [2.24, 2.45) is 0 Å². The number of ether oxygens (including phenoxy) is 2. The molecule has 8 nitrogen and oxygen atoms in total. The minimum atomic E-state index is -0.557. The summed E-state index contributed by atoms with van der Waals surface area (Å²) in [5.74, 6) is 0.167. The van der Waals surface area contributed by atoms with Gasteiger partial charge in [0.2, 0.25) is 12.7 Å². The van der Waals surface area contributed by atoms with Gasteiger partial charge in [0, 0.05) is 27.9 Å². The van der Waals surface area contributed by atoms with Gasteiger partial charge in [0.25, 0.3) is 11.8 Å². The van der Waals surface area contributed by atoms with Crippen molar-refractivity contribution in [2.45, 2.75) is 17.1 Å². The van der Waals surface area contributed by atoms with Crippen molar-refractivity contribution < 1.29 is 23.9 Å². The van der Waals surface area contributed by atoms with E-state index in [4.69, 9.17) is 9.47 Å². The first-order chi connectivity index (χ1) is 22.9. The third-order valence-corrected chi connectivity index (χ3v) is 8.63. The molecule has 0 spiro atoms. The first-order valence-electron chi connectivity index (χ1n) is 14.9. The molecule has 0 saturated heterocycles. The summed E-state index contributed by atoms with van der Waals surface area (Å²) >= 11 is 1.39. The van der Waals surface area contributed by atoms with Crippen molar-refractivity contribution in [2.75, 3.05) is 17.4 Å². The Hall–Kier alpha value is -5.80. The number of hydrogen-bond donors (Lipinski definition) is 3. The number of anilines is 2. The monoisotopic (exact) mass is 641 g/mol. The molecule has 3 amide bonds. The molecule has 1 heterocycles. The third kappa shape index (κ3) is 7.89. The van der Waals surface area contributed by atoms with Gasteiger partial charge in [-0.15, -0.1) is 11.8 Å². The highest BCUT2D eigenvalue weighted by Crippen LogP contribution is 2.38. The van der Waals surface area contributed by atoms with Crippen LogP contribution in [0.4, 0.5) is 11.4 Å². The minimum Gasteiger partial charge on any atom is -0.454 e. The molecule has 0 saturated carbocycles. The SMILES string of the molecule is Cc1ccccc1/C=C(\NC(=O)c1ccccc1)C(=O)Nc1ccc(SC(C(=O)Nc2ccc3c(c2)OCO3)c2ccccc2)cc1. The van der Waals surface area contributed by atoms with E-state index in [2.05, 4.69) is 16.0 Å². The van der Waals surface area contributed by atoms with E-state index < -0.39 is 17.1 Å². The first-order valence-corrected chi connectivity index (χ1v) is 15.8. The zero-order valence-corrected chi connectivity index (χ0v) is 26.3. The van der Waals surface area contributed by atoms with Gasteiger partial charge in [-0.05, 0) is 78.2 Å². The second-order valence-electron chi connectivity index (χ2n) is 10.7. The van der Waals surface area contributed by atoms with Crippen LogP contribution in [0.25, 0.3) is 6.08 Å². The van der Waals surface area contributed by atoms with Crippen LogP contribution in [0.3, 0.4) is 0 Å². The molecule has 0 aliphatic carbocycles. The van der Waals surface area contributed by atoms with E-state index in [9.17, 15) is 14.4 Å². The van der Waals surface area contributed by atoms with E-state index in [1.54, 1.807) is 60.7 Å². The highest BCUT2D eigenvalue weighted by atomic mass is 32.2. The Morgan fingerprint density at radius 3 is 2.13 bits per heavy atom. The third-order valence-electron chi connectivity index (χ3n) is 7.36. The Morgan fingerprint density at radius 1 is 0.723 bits per heavy atom. The molecule has 1 aliphatic rings. The maximum atomic E-state index is 13.6. The number of fused-ring (bicyclic) bond motifs is 1. The predicted octanol–water partition coefficient (Wildman–Crippen LogP) is 7.61.